The molecule has 1 aromatic rings. The van der Waals surface area contributed by atoms with Crippen molar-refractivity contribution in [2.45, 2.75) is 6.42 Å². The number of nitrogens with zero attached hydrogens (tertiary/aromatic N) is 1. The molecule has 1 heterocycles. The van der Waals surface area contributed by atoms with Gasteiger partial charge in [-0.2, -0.15) is 0 Å². The number of carbonyl (C=O) groups is 1. The Morgan fingerprint density at radius 1 is 1.35 bits per heavy atom. The van der Waals surface area contributed by atoms with Crippen LogP contribution in [-0.2, 0) is 19.6 Å². The molecule has 23 heavy (non-hydrogen) atoms. The lowest BCUT2D eigenvalue weighted by Gasteiger charge is -2.22. The van der Waals surface area contributed by atoms with E-state index in [4.69, 9.17) is 14.2 Å². The van der Waals surface area contributed by atoms with Gasteiger partial charge >= 0.3 is 0 Å². The van der Waals surface area contributed by atoms with Crippen LogP contribution in [0.3, 0.4) is 0 Å². The summed E-state index contributed by atoms with van der Waals surface area (Å²) in [5.41, 5.74) is 0.432. The molecule has 1 amide bonds. The Balaban J connectivity index is 2.05. The Hall–Kier alpha value is -2.00. The number of amides is 1. The van der Waals surface area contributed by atoms with Crippen molar-refractivity contribution < 1.29 is 27.4 Å². The van der Waals surface area contributed by atoms with Crippen LogP contribution in [0.25, 0.3) is 0 Å². The van der Waals surface area contributed by atoms with Gasteiger partial charge in [-0.15, -0.1) is 0 Å². The lowest BCUT2D eigenvalue weighted by Crippen LogP contribution is -2.35. The standard InChI is InChI=1S/C14H20N2O6S/c1-20-8-6-15-14(17)5-7-16(23(2,18)19)11-3-4-12-13(9-11)22-10-21-12/h3-4,9H,5-8,10H2,1-2H3,(H,15,17). The predicted octanol–water partition coefficient (Wildman–Crippen LogP) is 0.334. The van der Waals surface area contributed by atoms with Crippen LogP contribution >= 0.6 is 0 Å². The second-order valence-electron chi connectivity index (χ2n) is 4.97. The van der Waals surface area contributed by atoms with Crippen molar-refractivity contribution in [3.05, 3.63) is 18.2 Å². The number of hydrogen-bond donors (Lipinski definition) is 1. The van der Waals surface area contributed by atoms with Crippen LogP contribution in [0.2, 0.25) is 0 Å². The largest absolute Gasteiger partial charge is 0.454 e. The average molecular weight is 344 g/mol. The zero-order valence-corrected chi connectivity index (χ0v) is 13.9. The predicted molar refractivity (Wildman–Crippen MR) is 84.3 cm³/mol. The van der Waals surface area contributed by atoms with Crippen molar-refractivity contribution in [3.8, 4) is 11.5 Å². The van der Waals surface area contributed by atoms with Crippen LogP contribution in [0, 0.1) is 0 Å². The van der Waals surface area contributed by atoms with Crippen molar-refractivity contribution in [1.82, 2.24) is 5.32 Å². The van der Waals surface area contributed by atoms with Gasteiger partial charge in [0.25, 0.3) is 0 Å². The molecule has 128 valence electrons. The molecular formula is C14H20N2O6S. The normalized spacial score (nSPS) is 13.0. The van der Waals surface area contributed by atoms with E-state index in [1.165, 1.54) is 11.4 Å². The van der Waals surface area contributed by atoms with Crippen LogP contribution in [-0.4, -0.2) is 54.2 Å². The third-order valence-corrected chi connectivity index (χ3v) is 4.41. The molecular weight excluding hydrogens is 324 g/mol. The first kappa shape index (κ1) is 17.4. The summed E-state index contributed by atoms with van der Waals surface area (Å²) in [5.74, 6) is 0.816. The number of rotatable bonds is 8. The summed E-state index contributed by atoms with van der Waals surface area (Å²) < 4.78 is 40.5. The number of nitrogens with one attached hydrogen (secondary N) is 1. The molecule has 2 rings (SSSR count). The number of ether oxygens (including phenoxy) is 3. The van der Waals surface area contributed by atoms with Crippen LogP contribution in [0.5, 0.6) is 11.5 Å². The van der Waals surface area contributed by atoms with E-state index in [2.05, 4.69) is 5.32 Å². The first-order valence-electron chi connectivity index (χ1n) is 7.05. The number of hydrogen-bond acceptors (Lipinski definition) is 6. The second-order valence-corrected chi connectivity index (χ2v) is 6.87. The number of fused-ring (bicyclic) bond motifs is 1. The molecule has 1 aliphatic heterocycles. The Kier molecular flexibility index (Phi) is 5.67. The molecule has 8 nitrogen and oxygen atoms in total. The maximum Gasteiger partial charge on any atom is 0.232 e. The number of methoxy groups -OCH3 is 1. The van der Waals surface area contributed by atoms with E-state index in [1.54, 1.807) is 18.2 Å². The Morgan fingerprint density at radius 3 is 2.78 bits per heavy atom. The molecule has 0 bridgehead atoms. The van der Waals surface area contributed by atoms with Gasteiger partial charge in [0.2, 0.25) is 22.7 Å². The summed E-state index contributed by atoms with van der Waals surface area (Å²) >= 11 is 0. The number of carbonyl (C=O) groups excluding carboxylic acids is 1. The average Bonchev–Trinajstić information content (AvgIpc) is 2.94. The van der Waals surface area contributed by atoms with E-state index in [-0.39, 0.29) is 25.7 Å². The van der Waals surface area contributed by atoms with Gasteiger partial charge in [0.1, 0.15) is 0 Å². The highest BCUT2D eigenvalue weighted by atomic mass is 32.2. The molecule has 0 aliphatic carbocycles. The summed E-state index contributed by atoms with van der Waals surface area (Å²) in [6, 6.07) is 4.86. The van der Waals surface area contributed by atoms with E-state index < -0.39 is 10.0 Å². The minimum atomic E-state index is -3.52. The maximum absolute atomic E-state index is 12.0. The monoisotopic (exact) mass is 344 g/mol. The van der Waals surface area contributed by atoms with Crippen molar-refractivity contribution in [1.29, 1.82) is 0 Å². The third kappa shape index (κ3) is 4.73. The van der Waals surface area contributed by atoms with E-state index in [0.29, 0.717) is 30.3 Å². The molecule has 0 saturated heterocycles. The third-order valence-electron chi connectivity index (χ3n) is 3.21. The lowest BCUT2D eigenvalue weighted by atomic mass is 10.2. The van der Waals surface area contributed by atoms with E-state index in [1.807, 2.05) is 0 Å². The number of benzene rings is 1. The van der Waals surface area contributed by atoms with E-state index >= 15 is 0 Å². The van der Waals surface area contributed by atoms with Gasteiger partial charge in [-0.3, -0.25) is 9.10 Å². The SMILES string of the molecule is COCCNC(=O)CCN(c1ccc2c(c1)OCO2)S(C)(=O)=O. The zero-order chi connectivity index (χ0) is 16.9. The topological polar surface area (TPSA) is 94.2 Å². The molecule has 0 fully saturated rings. The highest BCUT2D eigenvalue weighted by molar-refractivity contribution is 7.92. The molecule has 0 atom stereocenters. The van der Waals surface area contributed by atoms with Crippen molar-refractivity contribution >= 4 is 21.6 Å². The fourth-order valence-electron chi connectivity index (χ4n) is 2.11. The first-order valence-corrected chi connectivity index (χ1v) is 8.89. The molecule has 0 unspecified atom stereocenters. The highest BCUT2D eigenvalue weighted by Crippen LogP contribution is 2.36. The molecule has 0 spiro atoms. The van der Waals surface area contributed by atoms with Gasteiger partial charge in [-0.1, -0.05) is 0 Å². The van der Waals surface area contributed by atoms with Crippen molar-refractivity contribution in [3.63, 3.8) is 0 Å². The smallest absolute Gasteiger partial charge is 0.232 e. The van der Waals surface area contributed by atoms with Gasteiger partial charge in [0.15, 0.2) is 11.5 Å². The molecule has 0 radical (unpaired) electrons. The van der Waals surface area contributed by atoms with Crippen LogP contribution in [0.4, 0.5) is 5.69 Å². The number of anilines is 1. The quantitative estimate of drug-likeness (QED) is 0.683. The summed E-state index contributed by atoms with van der Waals surface area (Å²) in [7, 11) is -1.99. The van der Waals surface area contributed by atoms with Crippen molar-refractivity contribution in [2.24, 2.45) is 0 Å². The summed E-state index contributed by atoms with van der Waals surface area (Å²) in [6.45, 7) is 0.943. The molecule has 0 saturated carbocycles. The van der Waals surface area contributed by atoms with E-state index in [9.17, 15) is 13.2 Å². The van der Waals surface area contributed by atoms with Crippen molar-refractivity contribution in [2.75, 3.05) is 44.2 Å². The lowest BCUT2D eigenvalue weighted by molar-refractivity contribution is -0.121. The van der Waals surface area contributed by atoms with Gasteiger partial charge in [-0.25, -0.2) is 8.42 Å². The maximum atomic E-state index is 12.0. The summed E-state index contributed by atoms with van der Waals surface area (Å²) in [5, 5.41) is 2.65. The molecule has 9 heteroatoms. The fraction of sp³-hybridized carbons (Fsp3) is 0.500. The molecule has 0 aromatic heterocycles. The first-order chi connectivity index (χ1) is 10.9. The van der Waals surface area contributed by atoms with Crippen LogP contribution in [0.1, 0.15) is 6.42 Å². The Morgan fingerprint density at radius 2 is 2.09 bits per heavy atom. The molecule has 1 aliphatic rings. The second kappa shape index (κ2) is 7.51. The van der Waals surface area contributed by atoms with E-state index in [0.717, 1.165) is 6.26 Å². The Labute approximate surface area is 135 Å². The van der Waals surface area contributed by atoms with Gasteiger partial charge in [0.05, 0.1) is 18.6 Å². The summed E-state index contributed by atoms with van der Waals surface area (Å²) in [6.07, 6.45) is 1.14. The highest BCUT2D eigenvalue weighted by Gasteiger charge is 2.22. The number of sulfonamides is 1. The molecule has 1 aromatic carbocycles. The minimum absolute atomic E-state index is 0.0390. The summed E-state index contributed by atoms with van der Waals surface area (Å²) in [4.78, 5) is 11.7. The minimum Gasteiger partial charge on any atom is -0.454 e. The Bertz CT molecular complexity index is 661. The van der Waals surface area contributed by atoms with Crippen LogP contribution in [0.15, 0.2) is 18.2 Å². The molecule has 1 N–H and O–H groups in total. The fourth-order valence-corrected chi connectivity index (χ4v) is 3.03. The zero-order valence-electron chi connectivity index (χ0n) is 13.1. The van der Waals surface area contributed by atoms with Gasteiger partial charge in [-0.05, 0) is 12.1 Å². The van der Waals surface area contributed by atoms with Gasteiger partial charge < -0.3 is 19.5 Å². The van der Waals surface area contributed by atoms with Gasteiger partial charge in [0, 0.05) is 32.7 Å². The van der Waals surface area contributed by atoms with Crippen LogP contribution < -0.4 is 19.1 Å².